The highest BCUT2D eigenvalue weighted by atomic mass is 32.2. The summed E-state index contributed by atoms with van der Waals surface area (Å²) < 4.78 is 0. The van der Waals surface area contributed by atoms with E-state index in [0.717, 1.165) is 4.90 Å². The van der Waals surface area contributed by atoms with E-state index in [-0.39, 0.29) is 22.9 Å². The maximum Gasteiger partial charge on any atom is 0.336 e. The van der Waals surface area contributed by atoms with Crippen molar-refractivity contribution in [1.29, 1.82) is 0 Å². The van der Waals surface area contributed by atoms with E-state index >= 15 is 0 Å². The van der Waals surface area contributed by atoms with Crippen LogP contribution in [0.1, 0.15) is 34.6 Å². The molecule has 8 nitrogen and oxygen atoms in total. The standard InChI is InChI=1S/C25H23N3O5S/c1-15(23(30)27-18-9-7-17(8-10-18)26-16(2)29)34-20-13-11-19(12-14-20)28-24(31)21-5-3-4-6-22(21)25(32)33/h3-15H,1-2H3,(H,26,29)(H,27,30)(H,28,31)(H,32,33). The van der Waals surface area contributed by atoms with Crippen LogP contribution in [0.3, 0.4) is 0 Å². The number of carboxylic acid groups (broad SMARTS) is 1. The normalized spacial score (nSPS) is 11.2. The van der Waals surface area contributed by atoms with E-state index in [4.69, 9.17) is 0 Å². The van der Waals surface area contributed by atoms with Gasteiger partial charge in [-0.1, -0.05) is 12.1 Å². The fraction of sp³-hybridized carbons (Fsp3) is 0.120. The zero-order valence-corrected chi connectivity index (χ0v) is 19.3. The summed E-state index contributed by atoms with van der Waals surface area (Å²) in [6, 6.07) is 19.7. The third kappa shape index (κ3) is 6.69. The van der Waals surface area contributed by atoms with E-state index in [9.17, 15) is 24.3 Å². The van der Waals surface area contributed by atoms with Crippen LogP contribution in [0.25, 0.3) is 0 Å². The molecule has 0 radical (unpaired) electrons. The van der Waals surface area contributed by atoms with E-state index < -0.39 is 17.1 Å². The Balaban J connectivity index is 1.56. The van der Waals surface area contributed by atoms with Crippen molar-refractivity contribution in [2.45, 2.75) is 24.0 Å². The van der Waals surface area contributed by atoms with Crippen molar-refractivity contribution >= 4 is 52.5 Å². The maximum absolute atomic E-state index is 12.5. The Kier molecular flexibility index (Phi) is 8.05. The Bertz CT molecular complexity index is 1210. The van der Waals surface area contributed by atoms with Crippen molar-refractivity contribution in [3.8, 4) is 0 Å². The molecule has 0 spiro atoms. The zero-order chi connectivity index (χ0) is 24.7. The molecule has 0 aromatic heterocycles. The van der Waals surface area contributed by atoms with E-state index in [1.807, 2.05) is 0 Å². The Hall–Kier alpha value is -4.11. The monoisotopic (exact) mass is 477 g/mol. The topological polar surface area (TPSA) is 125 Å². The fourth-order valence-electron chi connectivity index (χ4n) is 3.02. The summed E-state index contributed by atoms with van der Waals surface area (Å²) in [5, 5.41) is 17.1. The number of aromatic carboxylic acids is 1. The van der Waals surface area contributed by atoms with Gasteiger partial charge < -0.3 is 21.1 Å². The second kappa shape index (κ2) is 11.2. The Morgan fingerprint density at radius 1 is 0.735 bits per heavy atom. The average molecular weight is 478 g/mol. The van der Waals surface area contributed by atoms with Gasteiger partial charge in [0.1, 0.15) is 0 Å². The number of rotatable bonds is 8. The lowest BCUT2D eigenvalue weighted by atomic mass is 10.1. The number of amides is 3. The molecular formula is C25H23N3O5S. The van der Waals surface area contributed by atoms with Crippen molar-refractivity contribution in [2.75, 3.05) is 16.0 Å². The molecule has 0 heterocycles. The van der Waals surface area contributed by atoms with Crippen LogP contribution in [0, 0.1) is 0 Å². The number of carbonyl (C=O) groups excluding carboxylic acids is 3. The molecule has 174 valence electrons. The van der Waals surface area contributed by atoms with E-state index in [0.29, 0.717) is 17.1 Å². The van der Waals surface area contributed by atoms with Crippen LogP contribution in [0.15, 0.2) is 77.7 Å². The highest BCUT2D eigenvalue weighted by Gasteiger charge is 2.17. The number of nitrogens with one attached hydrogen (secondary N) is 3. The van der Waals surface area contributed by atoms with Gasteiger partial charge in [0.25, 0.3) is 5.91 Å². The van der Waals surface area contributed by atoms with Gasteiger partial charge in [-0.15, -0.1) is 11.8 Å². The van der Waals surface area contributed by atoms with Gasteiger partial charge in [0.15, 0.2) is 0 Å². The quantitative estimate of drug-likeness (QED) is 0.348. The molecule has 3 rings (SSSR count). The first-order valence-electron chi connectivity index (χ1n) is 10.3. The van der Waals surface area contributed by atoms with Gasteiger partial charge in [-0.2, -0.15) is 0 Å². The number of hydrogen-bond acceptors (Lipinski definition) is 5. The molecule has 0 fully saturated rings. The summed E-state index contributed by atoms with van der Waals surface area (Å²) in [5.74, 6) is -2.04. The Morgan fingerprint density at radius 3 is 1.79 bits per heavy atom. The molecule has 34 heavy (non-hydrogen) atoms. The van der Waals surface area contributed by atoms with Gasteiger partial charge in [0.05, 0.1) is 16.4 Å². The molecule has 0 aliphatic carbocycles. The Morgan fingerprint density at radius 2 is 1.24 bits per heavy atom. The first-order chi connectivity index (χ1) is 16.2. The van der Waals surface area contributed by atoms with Crippen molar-refractivity contribution in [2.24, 2.45) is 0 Å². The van der Waals surface area contributed by atoms with Crippen LogP contribution in [-0.4, -0.2) is 34.0 Å². The summed E-state index contributed by atoms with van der Waals surface area (Å²) in [5.41, 5.74) is 1.77. The largest absolute Gasteiger partial charge is 0.478 e. The third-order valence-corrected chi connectivity index (χ3v) is 5.78. The summed E-state index contributed by atoms with van der Waals surface area (Å²) in [7, 11) is 0. The smallest absolute Gasteiger partial charge is 0.336 e. The van der Waals surface area contributed by atoms with Gasteiger partial charge in [0, 0.05) is 28.9 Å². The molecule has 0 saturated carbocycles. The average Bonchev–Trinajstić information content (AvgIpc) is 2.81. The predicted octanol–water partition coefficient (Wildman–Crippen LogP) is 4.71. The molecule has 0 bridgehead atoms. The molecule has 3 amide bonds. The maximum atomic E-state index is 12.5. The fourth-order valence-corrected chi connectivity index (χ4v) is 3.89. The van der Waals surface area contributed by atoms with Gasteiger partial charge >= 0.3 is 5.97 Å². The number of thioether (sulfide) groups is 1. The third-order valence-electron chi connectivity index (χ3n) is 4.67. The first kappa shape index (κ1) is 24.5. The van der Waals surface area contributed by atoms with Crippen LogP contribution >= 0.6 is 11.8 Å². The van der Waals surface area contributed by atoms with E-state index in [1.54, 1.807) is 67.6 Å². The van der Waals surface area contributed by atoms with E-state index in [2.05, 4.69) is 16.0 Å². The minimum Gasteiger partial charge on any atom is -0.478 e. The second-order valence-corrected chi connectivity index (χ2v) is 8.75. The summed E-state index contributed by atoms with van der Waals surface area (Å²) in [4.78, 5) is 48.2. The highest BCUT2D eigenvalue weighted by molar-refractivity contribution is 8.00. The van der Waals surface area contributed by atoms with Crippen molar-refractivity contribution in [3.05, 3.63) is 83.9 Å². The molecule has 3 aromatic carbocycles. The lowest BCUT2D eigenvalue weighted by Gasteiger charge is -2.13. The number of carbonyl (C=O) groups is 4. The van der Waals surface area contributed by atoms with Crippen LogP contribution in [0.4, 0.5) is 17.1 Å². The molecule has 9 heteroatoms. The lowest BCUT2D eigenvalue weighted by Crippen LogP contribution is -2.22. The van der Waals surface area contributed by atoms with Gasteiger partial charge in [-0.05, 0) is 67.6 Å². The zero-order valence-electron chi connectivity index (χ0n) is 18.5. The van der Waals surface area contributed by atoms with Crippen molar-refractivity contribution in [3.63, 3.8) is 0 Å². The van der Waals surface area contributed by atoms with Crippen LogP contribution in [0.5, 0.6) is 0 Å². The molecule has 0 saturated heterocycles. The minimum atomic E-state index is -1.17. The van der Waals surface area contributed by atoms with E-state index in [1.165, 1.54) is 30.8 Å². The number of anilines is 3. The van der Waals surface area contributed by atoms with Gasteiger partial charge in [-0.3, -0.25) is 14.4 Å². The predicted molar refractivity (Wildman–Crippen MR) is 132 cm³/mol. The number of hydrogen-bond donors (Lipinski definition) is 4. The van der Waals surface area contributed by atoms with Gasteiger partial charge in [0.2, 0.25) is 11.8 Å². The van der Waals surface area contributed by atoms with Crippen LogP contribution < -0.4 is 16.0 Å². The SMILES string of the molecule is CC(=O)Nc1ccc(NC(=O)C(C)Sc2ccc(NC(=O)c3ccccc3C(=O)O)cc2)cc1. The minimum absolute atomic E-state index is 0.0724. The molecule has 4 N–H and O–H groups in total. The molecular weight excluding hydrogens is 454 g/mol. The van der Waals surface area contributed by atoms with Gasteiger partial charge in [-0.25, -0.2) is 4.79 Å². The van der Waals surface area contributed by atoms with Crippen LogP contribution in [0.2, 0.25) is 0 Å². The summed E-state index contributed by atoms with van der Waals surface area (Å²) in [6.45, 7) is 3.21. The molecule has 1 unspecified atom stereocenters. The van der Waals surface area contributed by atoms with Crippen LogP contribution in [-0.2, 0) is 9.59 Å². The Labute approximate surface area is 200 Å². The molecule has 0 aliphatic heterocycles. The first-order valence-corrected chi connectivity index (χ1v) is 11.2. The van der Waals surface area contributed by atoms with Crippen molar-refractivity contribution in [1.82, 2.24) is 0 Å². The number of benzene rings is 3. The molecule has 1 atom stereocenters. The second-order valence-electron chi connectivity index (χ2n) is 7.34. The lowest BCUT2D eigenvalue weighted by molar-refractivity contribution is -0.115. The summed E-state index contributed by atoms with van der Waals surface area (Å²) in [6.07, 6.45) is 0. The highest BCUT2D eigenvalue weighted by Crippen LogP contribution is 2.26. The number of carboxylic acids is 1. The summed E-state index contributed by atoms with van der Waals surface area (Å²) >= 11 is 1.35. The molecule has 3 aromatic rings. The van der Waals surface area contributed by atoms with Crippen molar-refractivity contribution < 1.29 is 24.3 Å². The molecule has 0 aliphatic rings.